The van der Waals surface area contributed by atoms with E-state index >= 15 is 0 Å². The zero-order chi connectivity index (χ0) is 24.4. The van der Waals surface area contributed by atoms with Crippen molar-refractivity contribution in [3.05, 3.63) is 69.7 Å². The molecule has 0 spiro atoms. The molecule has 4 rings (SSSR count). The van der Waals surface area contributed by atoms with E-state index in [1.165, 1.54) is 12.1 Å². The summed E-state index contributed by atoms with van der Waals surface area (Å²) in [5.74, 6) is -1.99. The summed E-state index contributed by atoms with van der Waals surface area (Å²) in [6.45, 7) is 1.70. The predicted molar refractivity (Wildman–Crippen MR) is 120 cm³/mol. The Labute approximate surface area is 198 Å². The maximum Gasteiger partial charge on any atom is 0.322 e. The molecule has 176 valence electrons. The van der Waals surface area contributed by atoms with Crippen LogP contribution < -0.4 is 21.3 Å². The van der Waals surface area contributed by atoms with Crippen molar-refractivity contribution in [3.63, 3.8) is 0 Å². The van der Waals surface area contributed by atoms with Crippen molar-refractivity contribution >= 4 is 46.3 Å². The van der Waals surface area contributed by atoms with Crippen LogP contribution in [0.2, 0.25) is 5.02 Å². The Bertz CT molecular complexity index is 1320. The van der Waals surface area contributed by atoms with Crippen LogP contribution in [0.3, 0.4) is 0 Å². The second-order valence-corrected chi connectivity index (χ2v) is 8.18. The normalized spacial score (nSPS) is 15.2. The lowest BCUT2D eigenvalue weighted by Crippen LogP contribution is -2.36. The fraction of sp³-hybridized carbons (Fsp3) is 0.217. The van der Waals surface area contributed by atoms with E-state index in [1.807, 2.05) is 5.32 Å². The number of urea groups is 1. The second kappa shape index (κ2) is 9.52. The van der Waals surface area contributed by atoms with Gasteiger partial charge in [0.25, 0.3) is 11.8 Å². The first-order valence-electron chi connectivity index (χ1n) is 10.3. The van der Waals surface area contributed by atoms with Crippen molar-refractivity contribution in [2.45, 2.75) is 32.5 Å². The lowest BCUT2D eigenvalue weighted by Gasteiger charge is -2.10. The molecule has 1 aliphatic rings. The van der Waals surface area contributed by atoms with Gasteiger partial charge >= 0.3 is 6.03 Å². The van der Waals surface area contributed by atoms with E-state index in [9.17, 15) is 23.6 Å². The van der Waals surface area contributed by atoms with Crippen molar-refractivity contribution in [1.29, 1.82) is 0 Å². The van der Waals surface area contributed by atoms with Crippen molar-refractivity contribution in [1.82, 2.24) is 21.3 Å². The van der Waals surface area contributed by atoms with Gasteiger partial charge in [0, 0.05) is 29.6 Å². The summed E-state index contributed by atoms with van der Waals surface area (Å²) < 4.78 is 20.2. The Morgan fingerprint density at radius 2 is 1.94 bits per heavy atom. The van der Waals surface area contributed by atoms with Gasteiger partial charge in [-0.3, -0.25) is 19.7 Å². The van der Waals surface area contributed by atoms with Crippen LogP contribution in [0.5, 0.6) is 0 Å². The number of carbonyl (C=O) groups is 4. The molecular weight excluding hydrogens is 467 g/mol. The Hall–Kier alpha value is -3.92. The molecular formula is C23H20ClFN4O5. The summed E-state index contributed by atoms with van der Waals surface area (Å²) in [4.78, 5) is 47.2. The van der Waals surface area contributed by atoms with E-state index < -0.39 is 35.6 Å². The van der Waals surface area contributed by atoms with Crippen molar-refractivity contribution in [2.75, 3.05) is 0 Å². The number of furan rings is 1. The van der Waals surface area contributed by atoms with Gasteiger partial charge in [-0.2, -0.15) is 0 Å². The summed E-state index contributed by atoms with van der Waals surface area (Å²) in [6.07, 6.45) is -0.226. The van der Waals surface area contributed by atoms with Crippen molar-refractivity contribution in [3.8, 4) is 0 Å². The average molecular weight is 487 g/mol. The Morgan fingerprint density at radius 1 is 1.15 bits per heavy atom. The molecule has 0 saturated carbocycles. The van der Waals surface area contributed by atoms with Gasteiger partial charge in [-0.25, -0.2) is 9.18 Å². The maximum absolute atomic E-state index is 14.5. The number of fused-ring (bicyclic) bond motifs is 1. The van der Waals surface area contributed by atoms with E-state index in [0.717, 1.165) is 5.39 Å². The van der Waals surface area contributed by atoms with Crippen LogP contribution in [0, 0.1) is 12.7 Å². The van der Waals surface area contributed by atoms with Crippen LogP contribution in [0.25, 0.3) is 11.0 Å². The zero-order valence-corrected chi connectivity index (χ0v) is 18.7. The molecule has 1 atom stereocenters. The lowest BCUT2D eigenvalue weighted by atomic mass is 10.1. The molecule has 34 heavy (non-hydrogen) atoms. The molecule has 9 nitrogen and oxygen atoms in total. The number of carbonyl (C=O) groups excluding carboxylic acids is 4. The van der Waals surface area contributed by atoms with Crippen LogP contribution in [0.4, 0.5) is 9.18 Å². The highest BCUT2D eigenvalue weighted by Gasteiger charge is 2.31. The van der Waals surface area contributed by atoms with Crippen LogP contribution >= 0.6 is 11.6 Å². The van der Waals surface area contributed by atoms with Crippen molar-refractivity contribution in [2.24, 2.45) is 0 Å². The van der Waals surface area contributed by atoms with Crippen LogP contribution in [-0.2, 0) is 22.7 Å². The summed E-state index contributed by atoms with van der Waals surface area (Å²) >= 11 is 6.12. The Morgan fingerprint density at radius 3 is 2.62 bits per heavy atom. The smallest absolute Gasteiger partial charge is 0.322 e. The number of rotatable bonds is 7. The SMILES string of the molecule is Cc1c(C(=O)NCc2ccc(CNC(=O)CC3NC(=O)NC3=O)cc2F)oc2c(Cl)cccc12. The molecule has 0 radical (unpaired) electrons. The minimum atomic E-state index is -0.929. The third-order valence-electron chi connectivity index (χ3n) is 5.42. The first-order valence-corrected chi connectivity index (χ1v) is 10.7. The third kappa shape index (κ3) is 4.86. The first kappa shape index (κ1) is 23.2. The van der Waals surface area contributed by atoms with E-state index in [4.69, 9.17) is 16.0 Å². The number of hydrogen-bond donors (Lipinski definition) is 4. The molecule has 11 heteroatoms. The number of nitrogens with one attached hydrogen (secondary N) is 4. The fourth-order valence-corrected chi connectivity index (χ4v) is 3.80. The second-order valence-electron chi connectivity index (χ2n) is 7.78. The topological polar surface area (TPSA) is 130 Å². The molecule has 0 aliphatic carbocycles. The lowest BCUT2D eigenvalue weighted by molar-refractivity contribution is -0.126. The molecule has 0 bridgehead atoms. The monoisotopic (exact) mass is 486 g/mol. The molecule has 4 N–H and O–H groups in total. The standard InChI is InChI=1S/C23H20ClFN4O5/c1-11-14-3-2-4-15(24)20(14)34-19(11)22(32)27-10-13-6-5-12(7-16(13)25)9-26-18(30)8-17-21(31)29-23(33)28-17/h2-7,17H,8-10H2,1H3,(H,26,30)(H,27,32)(H2,28,29,31,33). The first-order chi connectivity index (χ1) is 16.2. The molecule has 1 unspecified atom stereocenters. The molecule has 1 fully saturated rings. The van der Waals surface area contributed by atoms with Crippen molar-refractivity contribution < 1.29 is 28.0 Å². The number of para-hydroxylation sites is 1. The minimum Gasteiger partial charge on any atom is -0.449 e. The number of imide groups is 1. The van der Waals surface area contributed by atoms with Gasteiger partial charge < -0.3 is 20.4 Å². The summed E-state index contributed by atoms with van der Waals surface area (Å²) in [6, 6.07) is 8.01. The maximum atomic E-state index is 14.5. The van der Waals surface area contributed by atoms with Crippen LogP contribution in [0.15, 0.2) is 40.8 Å². The summed E-state index contributed by atoms with van der Waals surface area (Å²) in [5.41, 5.74) is 1.79. The minimum absolute atomic E-state index is 0.0314. The number of hydrogen-bond acceptors (Lipinski definition) is 5. The van der Waals surface area contributed by atoms with Gasteiger partial charge in [0.05, 0.1) is 11.4 Å². The van der Waals surface area contributed by atoms with E-state index in [-0.39, 0.29) is 30.8 Å². The highest BCUT2D eigenvalue weighted by molar-refractivity contribution is 6.35. The Balaban J connectivity index is 1.33. The molecule has 2 aromatic carbocycles. The molecule has 1 aliphatic heterocycles. The molecule has 3 aromatic rings. The van der Waals surface area contributed by atoms with Gasteiger partial charge in [-0.15, -0.1) is 0 Å². The van der Waals surface area contributed by atoms with E-state index in [2.05, 4.69) is 16.0 Å². The summed E-state index contributed by atoms with van der Waals surface area (Å²) in [7, 11) is 0. The molecule has 2 heterocycles. The van der Waals surface area contributed by atoms with Gasteiger partial charge in [-0.05, 0) is 24.6 Å². The van der Waals surface area contributed by atoms with Gasteiger partial charge in [0.1, 0.15) is 11.9 Å². The number of aryl methyl sites for hydroxylation is 1. The fourth-order valence-electron chi connectivity index (χ4n) is 3.59. The average Bonchev–Trinajstić information content (AvgIpc) is 3.30. The molecule has 1 aromatic heterocycles. The predicted octanol–water partition coefficient (Wildman–Crippen LogP) is 2.68. The Kier molecular flexibility index (Phi) is 6.51. The largest absolute Gasteiger partial charge is 0.449 e. The zero-order valence-electron chi connectivity index (χ0n) is 18.0. The summed E-state index contributed by atoms with van der Waals surface area (Å²) in [5, 5.41) is 10.7. The van der Waals surface area contributed by atoms with Gasteiger partial charge in [0.2, 0.25) is 5.91 Å². The number of amides is 5. The quantitative estimate of drug-likeness (QED) is 0.381. The third-order valence-corrected chi connectivity index (χ3v) is 5.71. The van der Waals surface area contributed by atoms with Crippen LogP contribution in [-0.4, -0.2) is 29.8 Å². The number of halogens is 2. The highest BCUT2D eigenvalue weighted by atomic mass is 35.5. The van der Waals surface area contributed by atoms with Gasteiger partial charge in [0.15, 0.2) is 11.3 Å². The molecule has 5 amide bonds. The van der Waals surface area contributed by atoms with E-state index in [1.54, 1.807) is 31.2 Å². The number of benzene rings is 2. The van der Waals surface area contributed by atoms with Crippen LogP contribution in [0.1, 0.15) is 33.7 Å². The van der Waals surface area contributed by atoms with E-state index in [0.29, 0.717) is 21.7 Å². The van der Waals surface area contributed by atoms with Gasteiger partial charge in [-0.1, -0.05) is 35.9 Å². The highest BCUT2D eigenvalue weighted by Crippen LogP contribution is 2.30. The molecule has 1 saturated heterocycles.